The fourth-order valence-corrected chi connectivity index (χ4v) is 3.36. The minimum absolute atomic E-state index is 0.372. The number of nitrogens with one attached hydrogen (secondary N) is 1. The average molecular weight is 284 g/mol. The zero-order valence-electron chi connectivity index (χ0n) is 12.0. The second-order valence-corrected chi connectivity index (χ2v) is 6.25. The zero-order valence-corrected chi connectivity index (χ0v) is 12.8. The summed E-state index contributed by atoms with van der Waals surface area (Å²) in [6, 6.07) is 8.72. The molecule has 0 atom stereocenters. The van der Waals surface area contributed by atoms with E-state index in [0.717, 1.165) is 15.9 Å². The molecular formula is C17H20N2S. The molecule has 1 aromatic heterocycles. The Bertz CT molecular complexity index is 669. The summed E-state index contributed by atoms with van der Waals surface area (Å²) in [5.41, 5.74) is 5.07. The summed E-state index contributed by atoms with van der Waals surface area (Å²) in [6.45, 7) is 4.35. The molecule has 1 aliphatic carbocycles. The lowest BCUT2D eigenvalue weighted by molar-refractivity contribution is 0.420. The van der Waals surface area contributed by atoms with E-state index >= 15 is 0 Å². The summed E-state index contributed by atoms with van der Waals surface area (Å²) in [5, 5.41) is 0. The van der Waals surface area contributed by atoms with Crippen LogP contribution in [0.2, 0.25) is 0 Å². The average Bonchev–Trinajstić information content (AvgIpc) is 2.36. The molecule has 0 aliphatic heterocycles. The largest absolute Gasteiger partial charge is 0.346 e. The number of aromatic amines is 1. The molecule has 3 heteroatoms. The quantitative estimate of drug-likeness (QED) is 0.785. The Morgan fingerprint density at radius 3 is 2.65 bits per heavy atom. The number of hydrogen-bond acceptors (Lipinski definition) is 2. The van der Waals surface area contributed by atoms with Gasteiger partial charge in [-0.2, -0.15) is 0 Å². The molecule has 0 spiro atoms. The Morgan fingerprint density at radius 1 is 1.25 bits per heavy atom. The van der Waals surface area contributed by atoms with Gasteiger partial charge in [0.25, 0.3) is 0 Å². The normalized spacial score (nSPS) is 15.3. The topological polar surface area (TPSA) is 28.7 Å². The fourth-order valence-electron chi connectivity index (χ4n) is 2.97. The molecule has 0 bridgehead atoms. The monoisotopic (exact) mass is 284 g/mol. The van der Waals surface area contributed by atoms with Crippen LogP contribution in [-0.4, -0.2) is 9.97 Å². The van der Waals surface area contributed by atoms with Gasteiger partial charge in [0.1, 0.15) is 4.64 Å². The highest BCUT2D eigenvalue weighted by atomic mass is 32.1. The van der Waals surface area contributed by atoms with Crippen molar-refractivity contribution in [3.8, 4) is 11.3 Å². The lowest BCUT2D eigenvalue weighted by Gasteiger charge is -2.28. The van der Waals surface area contributed by atoms with Gasteiger partial charge in [-0.1, -0.05) is 56.8 Å². The molecule has 1 N–H and O–H groups in total. The van der Waals surface area contributed by atoms with E-state index in [0.29, 0.717) is 11.8 Å². The first-order valence-corrected chi connectivity index (χ1v) is 7.76. The number of H-pyrrole nitrogens is 1. The van der Waals surface area contributed by atoms with Crippen LogP contribution in [0.3, 0.4) is 0 Å². The maximum atomic E-state index is 5.44. The minimum atomic E-state index is 0.372. The molecule has 1 heterocycles. The summed E-state index contributed by atoms with van der Waals surface area (Å²) < 4.78 is 0.720. The summed E-state index contributed by atoms with van der Waals surface area (Å²) >= 11 is 5.44. The Morgan fingerprint density at radius 2 is 2.00 bits per heavy atom. The molecule has 20 heavy (non-hydrogen) atoms. The first-order valence-electron chi connectivity index (χ1n) is 7.35. The van der Waals surface area contributed by atoms with Crippen molar-refractivity contribution in [2.24, 2.45) is 0 Å². The van der Waals surface area contributed by atoms with Crippen LogP contribution in [0.1, 0.15) is 56.1 Å². The maximum absolute atomic E-state index is 5.44. The van der Waals surface area contributed by atoms with Gasteiger partial charge in [-0.25, -0.2) is 4.98 Å². The van der Waals surface area contributed by atoms with Crippen LogP contribution >= 0.6 is 12.2 Å². The van der Waals surface area contributed by atoms with Crippen LogP contribution in [0.15, 0.2) is 30.6 Å². The molecule has 1 saturated carbocycles. The van der Waals surface area contributed by atoms with Crippen molar-refractivity contribution >= 4 is 12.2 Å². The number of nitrogens with zero attached hydrogens (tertiary/aromatic N) is 1. The van der Waals surface area contributed by atoms with Gasteiger partial charge >= 0.3 is 0 Å². The van der Waals surface area contributed by atoms with Gasteiger partial charge in [-0.3, -0.25) is 0 Å². The SMILES string of the molecule is CC(C)c1c(-c2ccccc2C2CCC2)[nH]cnc1=S. The van der Waals surface area contributed by atoms with E-state index in [1.54, 1.807) is 6.33 Å². The van der Waals surface area contributed by atoms with Crippen LogP contribution in [0, 0.1) is 4.64 Å². The molecule has 1 aromatic carbocycles. The van der Waals surface area contributed by atoms with Crippen LogP contribution < -0.4 is 0 Å². The highest BCUT2D eigenvalue weighted by molar-refractivity contribution is 7.71. The van der Waals surface area contributed by atoms with Gasteiger partial charge in [-0.15, -0.1) is 0 Å². The summed E-state index contributed by atoms with van der Waals surface area (Å²) in [6.07, 6.45) is 5.68. The van der Waals surface area contributed by atoms with Gasteiger partial charge in [0.2, 0.25) is 0 Å². The van der Waals surface area contributed by atoms with E-state index in [9.17, 15) is 0 Å². The molecule has 0 unspecified atom stereocenters. The summed E-state index contributed by atoms with van der Waals surface area (Å²) in [7, 11) is 0. The van der Waals surface area contributed by atoms with E-state index in [1.165, 1.54) is 30.4 Å². The van der Waals surface area contributed by atoms with Crippen LogP contribution in [0.4, 0.5) is 0 Å². The molecule has 104 valence electrons. The van der Waals surface area contributed by atoms with E-state index < -0.39 is 0 Å². The molecule has 2 nitrogen and oxygen atoms in total. The standard InChI is InChI=1S/C17H20N2S/c1-11(2)15-16(18-10-19-17(15)20)14-9-4-3-8-13(14)12-6-5-7-12/h3-4,8-12H,5-7H2,1-2H3,(H,18,19,20). The zero-order chi connectivity index (χ0) is 14.1. The van der Waals surface area contributed by atoms with Crippen LogP contribution in [-0.2, 0) is 0 Å². The lowest BCUT2D eigenvalue weighted by Crippen LogP contribution is -2.11. The van der Waals surface area contributed by atoms with Crippen molar-refractivity contribution < 1.29 is 0 Å². The van der Waals surface area contributed by atoms with Gasteiger partial charge < -0.3 is 4.98 Å². The molecule has 0 saturated heterocycles. The molecular weight excluding hydrogens is 264 g/mol. The first kappa shape index (κ1) is 13.5. The second-order valence-electron chi connectivity index (χ2n) is 5.87. The minimum Gasteiger partial charge on any atom is -0.346 e. The predicted octanol–water partition coefficient (Wildman–Crippen LogP) is 5.20. The molecule has 0 radical (unpaired) electrons. The second kappa shape index (κ2) is 5.49. The van der Waals surface area contributed by atoms with E-state index in [1.807, 2.05) is 0 Å². The Labute approximate surface area is 125 Å². The van der Waals surface area contributed by atoms with E-state index in [4.69, 9.17) is 12.2 Å². The molecule has 1 fully saturated rings. The van der Waals surface area contributed by atoms with Crippen molar-refractivity contribution in [3.63, 3.8) is 0 Å². The maximum Gasteiger partial charge on any atom is 0.133 e. The highest BCUT2D eigenvalue weighted by Crippen LogP contribution is 2.41. The summed E-state index contributed by atoms with van der Waals surface area (Å²) in [4.78, 5) is 7.60. The first-order chi connectivity index (χ1) is 9.68. The molecule has 2 aromatic rings. The number of rotatable bonds is 3. The van der Waals surface area contributed by atoms with Gasteiger partial charge in [0, 0.05) is 11.1 Å². The summed E-state index contributed by atoms with van der Waals surface area (Å²) in [5.74, 6) is 1.08. The molecule has 3 rings (SSSR count). The highest BCUT2D eigenvalue weighted by Gasteiger charge is 2.24. The third-order valence-corrected chi connectivity index (χ3v) is 4.57. The fraction of sp³-hybridized carbons (Fsp3) is 0.412. The predicted molar refractivity (Wildman–Crippen MR) is 85.5 cm³/mol. The third kappa shape index (κ3) is 2.31. The van der Waals surface area contributed by atoms with Gasteiger partial charge in [-0.05, 0) is 30.2 Å². The number of aromatic nitrogens is 2. The Balaban J connectivity index is 2.19. The van der Waals surface area contributed by atoms with Crippen molar-refractivity contribution in [3.05, 3.63) is 46.4 Å². The number of hydrogen-bond donors (Lipinski definition) is 1. The Hall–Kier alpha value is -1.48. The molecule has 0 amide bonds. The number of benzene rings is 1. The van der Waals surface area contributed by atoms with Gasteiger partial charge in [0.05, 0.1) is 12.0 Å². The van der Waals surface area contributed by atoms with Crippen molar-refractivity contribution in [2.75, 3.05) is 0 Å². The smallest absolute Gasteiger partial charge is 0.133 e. The van der Waals surface area contributed by atoms with Gasteiger partial charge in [0.15, 0.2) is 0 Å². The van der Waals surface area contributed by atoms with Crippen LogP contribution in [0.5, 0.6) is 0 Å². The molecule has 1 aliphatic rings. The lowest BCUT2D eigenvalue weighted by atomic mass is 9.77. The van der Waals surface area contributed by atoms with Crippen molar-refractivity contribution in [1.82, 2.24) is 9.97 Å². The van der Waals surface area contributed by atoms with Crippen molar-refractivity contribution in [1.29, 1.82) is 0 Å². The van der Waals surface area contributed by atoms with E-state index in [-0.39, 0.29) is 0 Å². The van der Waals surface area contributed by atoms with E-state index in [2.05, 4.69) is 48.1 Å². The van der Waals surface area contributed by atoms with Crippen LogP contribution in [0.25, 0.3) is 11.3 Å². The third-order valence-electron chi connectivity index (χ3n) is 4.24. The Kier molecular flexibility index (Phi) is 3.70. The van der Waals surface area contributed by atoms with Crippen molar-refractivity contribution in [2.45, 2.75) is 44.9 Å².